The Balaban J connectivity index is 1.50. The molecule has 14 heteroatoms. The Morgan fingerprint density at radius 2 is 1.89 bits per heavy atom. The maximum atomic E-state index is 12.4. The van der Waals surface area contributed by atoms with Crippen LogP contribution in [0.3, 0.4) is 0 Å². The van der Waals surface area contributed by atoms with Crippen molar-refractivity contribution in [3.63, 3.8) is 0 Å². The minimum Gasteiger partial charge on any atom is -0.507 e. The lowest BCUT2D eigenvalue weighted by atomic mass is 9.74. The average Bonchev–Trinajstić information content (AvgIpc) is 3.04. The number of benzene rings is 2. The van der Waals surface area contributed by atoms with E-state index in [2.05, 4.69) is 6.92 Å². The van der Waals surface area contributed by atoms with Gasteiger partial charge in [0, 0.05) is 23.3 Å². The van der Waals surface area contributed by atoms with Crippen molar-refractivity contribution in [2.24, 2.45) is 17.8 Å². The van der Waals surface area contributed by atoms with Gasteiger partial charge in [-0.1, -0.05) is 28.5 Å². The predicted molar refractivity (Wildman–Crippen MR) is 167 cm³/mol. The highest BCUT2D eigenvalue weighted by Crippen LogP contribution is 2.47. The largest absolute Gasteiger partial charge is 0.507 e. The fourth-order valence-electron chi connectivity index (χ4n) is 6.99. The molecule has 0 unspecified atom stereocenters. The van der Waals surface area contributed by atoms with Crippen LogP contribution in [0.5, 0.6) is 17.2 Å². The maximum absolute atomic E-state index is 12.4. The molecule has 2 aromatic carbocycles. The number of hydrogen-bond acceptors (Lipinski definition) is 13. The Bertz CT molecular complexity index is 1430. The zero-order valence-electron chi connectivity index (χ0n) is 25.3. The van der Waals surface area contributed by atoms with Crippen LogP contribution in [0.15, 0.2) is 12.1 Å². The summed E-state index contributed by atoms with van der Waals surface area (Å²) in [7, 11) is 3.11. The highest BCUT2D eigenvalue weighted by molar-refractivity contribution is 8.76. The van der Waals surface area contributed by atoms with Crippen LogP contribution in [0.1, 0.15) is 59.4 Å². The van der Waals surface area contributed by atoms with Crippen LogP contribution < -0.4 is 4.74 Å². The molecule has 0 bridgehead atoms. The van der Waals surface area contributed by atoms with Gasteiger partial charge in [0.2, 0.25) is 6.29 Å². The van der Waals surface area contributed by atoms with E-state index >= 15 is 0 Å². The molecule has 1 spiro atoms. The van der Waals surface area contributed by atoms with Gasteiger partial charge in [0.25, 0.3) is 0 Å². The summed E-state index contributed by atoms with van der Waals surface area (Å²) in [6.45, 7) is 5.55. The molecule has 0 saturated carbocycles. The van der Waals surface area contributed by atoms with Gasteiger partial charge < -0.3 is 49.6 Å². The van der Waals surface area contributed by atoms with Crippen LogP contribution in [0.25, 0.3) is 10.8 Å². The molecule has 0 amide bonds. The number of aliphatic hydroxyl groups is 3. The van der Waals surface area contributed by atoms with Gasteiger partial charge in [0.1, 0.15) is 47.1 Å². The molecule has 2 aromatic rings. The third-order valence-electron chi connectivity index (χ3n) is 9.51. The fraction of sp³-hybridized carbons (Fsp3) is 0.613. The molecule has 3 fully saturated rings. The molecule has 0 radical (unpaired) electrons. The number of carbonyl (C=O) groups is 2. The number of fused-ring (bicyclic) bond motifs is 2. The number of carboxylic acids is 1. The lowest BCUT2D eigenvalue weighted by molar-refractivity contribution is -0.322. The van der Waals surface area contributed by atoms with E-state index in [4.69, 9.17) is 18.9 Å². The van der Waals surface area contributed by atoms with E-state index in [1.807, 2.05) is 0 Å². The number of aromatic hydroxyl groups is 2. The molecule has 6 N–H and O–H groups in total. The second-order valence-corrected chi connectivity index (χ2v) is 14.6. The van der Waals surface area contributed by atoms with Crippen LogP contribution in [-0.2, 0) is 14.2 Å². The monoisotopic (exact) mass is 668 g/mol. The first-order valence-corrected chi connectivity index (χ1v) is 17.4. The van der Waals surface area contributed by atoms with Crippen LogP contribution in [0.4, 0.5) is 0 Å². The number of rotatable bonds is 5. The highest BCUT2D eigenvalue weighted by Gasteiger charge is 2.57. The van der Waals surface area contributed by atoms with Crippen molar-refractivity contribution in [1.82, 2.24) is 0 Å². The van der Waals surface area contributed by atoms with E-state index in [1.165, 1.54) is 24.6 Å². The van der Waals surface area contributed by atoms with Crippen molar-refractivity contribution in [1.29, 1.82) is 0 Å². The van der Waals surface area contributed by atoms with Gasteiger partial charge in [-0.15, -0.1) is 0 Å². The molecule has 3 aliphatic rings. The normalized spacial score (nSPS) is 32.9. The minimum atomic E-state index is -1.74. The van der Waals surface area contributed by atoms with Crippen LogP contribution >= 0.6 is 21.6 Å². The number of phenols is 2. The Morgan fingerprint density at radius 1 is 1.13 bits per heavy atom. The Labute approximate surface area is 268 Å². The molecule has 3 heterocycles. The van der Waals surface area contributed by atoms with Crippen molar-refractivity contribution in [2.45, 2.75) is 70.2 Å². The highest BCUT2D eigenvalue weighted by atomic mass is 33.1. The van der Waals surface area contributed by atoms with E-state index in [0.717, 1.165) is 24.3 Å². The number of Topliss-reactive ketones (excluding diaryl/α,β-unsaturated/α-hetero) is 1. The first kappa shape index (κ1) is 34.0. The van der Waals surface area contributed by atoms with Gasteiger partial charge in [-0.3, -0.25) is 4.79 Å². The van der Waals surface area contributed by atoms with Gasteiger partial charge >= 0.3 is 5.97 Å². The SMILES string of the molecule is CC(=O)c1c(C)c(O)c2cc(C(=O)O)cc(O[C@H]3O[C@H](CO)[C@@]4(CC[C@@H](C)[C@@H]5CCOC[C@H]5CSSCO4)[C@H](O)[C@H]3O)c2c1O. The number of carbonyl (C=O) groups excluding carboxylic acids is 1. The molecular formula is C31H40O12S2. The summed E-state index contributed by atoms with van der Waals surface area (Å²) in [5.41, 5.74) is -1.95. The van der Waals surface area contributed by atoms with E-state index < -0.39 is 60.1 Å². The summed E-state index contributed by atoms with van der Waals surface area (Å²) in [5.74, 6) is -1.17. The summed E-state index contributed by atoms with van der Waals surface area (Å²) < 4.78 is 24.0. The Morgan fingerprint density at radius 3 is 2.58 bits per heavy atom. The molecule has 0 aliphatic carbocycles. The summed E-state index contributed by atoms with van der Waals surface area (Å²) in [5, 5.41) is 65.1. The second-order valence-electron chi connectivity index (χ2n) is 12.1. The van der Waals surface area contributed by atoms with E-state index in [0.29, 0.717) is 31.5 Å². The van der Waals surface area contributed by atoms with Gasteiger partial charge in [0.15, 0.2) is 5.78 Å². The molecule has 3 aliphatic heterocycles. The fourth-order valence-corrected chi connectivity index (χ4v) is 9.10. The molecular weight excluding hydrogens is 628 g/mol. The number of hydrogen-bond donors (Lipinski definition) is 6. The van der Waals surface area contributed by atoms with Crippen LogP contribution in [-0.4, -0.2) is 104 Å². The Kier molecular flexibility index (Phi) is 10.5. The lowest BCUT2D eigenvalue weighted by Crippen LogP contribution is -2.69. The zero-order chi connectivity index (χ0) is 32.6. The smallest absolute Gasteiger partial charge is 0.335 e. The molecule has 8 atom stereocenters. The summed E-state index contributed by atoms with van der Waals surface area (Å²) in [6, 6.07) is 2.19. The van der Waals surface area contributed by atoms with Crippen LogP contribution in [0.2, 0.25) is 0 Å². The third-order valence-corrected chi connectivity index (χ3v) is 11.7. The van der Waals surface area contributed by atoms with Gasteiger partial charge in [-0.25, -0.2) is 4.79 Å². The molecule has 45 heavy (non-hydrogen) atoms. The number of phenolic OH excluding ortho intramolecular Hbond substituents is 2. The van der Waals surface area contributed by atoms with Gasteiger partial charge in [0.05, 0.1) is 29.7 Å². The standard InChI is InChI=1S/C31H40O12S2/c1-14-4-6-31(41-13-45-44-12-18-11-40-7-5-19(14)18)22(10-32)43-30(27(36)28(31)37)42-21-9-17(29(38)39)8-20-24(21)26(35)23(16(3)33)15(2)25(20)34/h8-9,14,18-19,22,27-28,30,32,34-37H,4-7,10-13H2,1-3H3,(H,38,39)/t14-,18+,19+,22-,27-,28-,30+,31+/m1/s1. The first-order chi connectivity index (χ1) is 21.4. The van der Waals surface area contributed by atoms with E-state index in [-0.39, 0.29) is 51.5 Å². The molecule has 5 rings (SSSR count). The van der Waals surface area contributed by atoms with Crippen molar-refractivity contribution in [3.8, 4) is 17.2 Å². The summed E-state index contributed by atoms with van der Waals surface area (Å²) in [4.78, 5) is 24.4. The van der Waals surface area contributed by atoms with Crippen molar-refractivity contribution in [3.05, 3.63) is 28.8 Å². The number of ketones is 1. The van der Waals surface area contributed by atoms with E-state index in [1.54, 1.807) is 10.8 Å². The van der Waals surface area contributed by atoms with Gasteiger partial charge in [-0.05, 0) is 63.0 Å². The summed E-state index contributed by atoms with van der Waals surface area (Å²) >= 11 is 0. The lowest BCUT2D eigenvalue weighted by Gasteiger charge is -2.50. The third kappa shape index (κ3) is 6.35. The first-order valence-electron chi connectivity index (χ1n) is 14.9. The predicted octanol–water partition coefficient (Wildman–Crippen LogP) is 3.45. The van der Waals surface area contributed by atoms with Crippen LogP contribution in [0, 0.1) is 24.7 Å². The molecule has 0 aromatic heterocycles. The van der Waals surface area contributed by atoms with Gasteiger partial charge in [-0.2, -0.15) is 0 Å². The zero-order valence-corrected chi connectivity index (χ0v) is 26.9. The minimum absolute atomic E-state index is 0.0499. The Hall–Kier alpha value is -2.30. The number of aromatic carboxylic acids is 1. The quantitative estimate of drug-likeness (QED) is 0.154. The van der Waals surface area contributed by atoms with Crippen molar-refractivity contribution in [2.75, 3.05) is 31.5 Å². The second kappa shape index (κ2) is 13.8. The molecule has 3 saturated heterocycles. The average molecular weight is 669 g/mol. The van der Waals surface area contributed by atoms with Crippen molar-refractivity contribution < 1.29 is 59.2 Å². The topological polar surface area (TPSA) is 192 Å². The summed E-state index contributed by atoms with van der Waals surface area (Å²) in [6.07, 6.45) is -4.33. The number of carboxylic acid groups (broad SMARTS) is 1. The molecule has 248 valence electrons. The van der Waals surface area contributed by atoms with E-state index in [9.17, 15) is 40.2 Å². The maximum Gasteiger partial charge on any atom is 0.335 e. The molecule has 12 nitrogen and oxygen atoms in total. The number of ether oxygens (including phenoxy) is 4. The van der Waals surface area contributed by atoms with Crippen molar-refractivity contribution >= 4 is 44.1 Å². The number of aliphatic hydroxyl groups excluding tert-OH is 3.